The van der Waals surface area contributed by atoms with Gasteiger partial charge in [0.1, 0.15) is 17.2 Å². The van der Waals surface area contributed by atoms with Crippen molar-refractivity contribution in [2.45, 2.75) is 0 Å². The molecule has 6 heteroatoms. The number of halogens is 1. The van der Waals surface area contributed by atoms with Crippen molar-refractivity contribution in [3.8, 4) is 22.8 Å². The number of hydrogen-bond acceptors (Lipinski definition) is 4. The maximum Gasteiger partial charge on any atom is 0.161 e. The minimum absolute atomic E-state index is 0.582. The highest BCUT2D eigenvalue weighted by Gasteiger charge is 2.17. The van der Waals surface area contributed by atoms with E-state index in [0.29, 0.717) is 23.0 Å². The van der Waals surface area contributed by atoms with Gasteiger partial charge in [-0.1, -0.05) is 6.07 Å². The van der Waals surface area contributed by atoms with Crippen LogP contribution >= 0.6 is 15.9 Å². The van der Waals surface area contributed by atoms with Crippen molar-refractivity contribution in [2.75, 3.05) is 20.0 Å². The number of nitrogen functional groups attached to an aromatic ring is 1. The van der Waals surface area contributed by atoms with E-state index in [1.54, 1.807) is 14.2 Å². The van der Waals surface area contributed by atoms with E-state index < -0.39 is 0 Å². The number of fused-ring (bicyclic) bond motifs is 1. The molecule has 0 radical (unpaired) electrons. The van der Waals surface area contributed by atoms with Crippen molar-refractivity contribution in [2.24, 2.45) is 0 Å². The van der Waals surface area contributed by atoms with E-state index in [1.165, 1.54) is 0 Å². The zero-order valence-electron chi connectivity index (χ0n) is 11.6. The third-order valence-corrected chi connectivity index (χ3v) is 3.95. The van der Waals surface area contributed by atoms with E-state index in [-0.39, 0.29) is 0 Å². The Morgan fingerprint density at radius 2 is 1.86 bits per heavy atom. The molecule has 0 spiro atoms. The van der Waals surface area contributed by atoms with Crippen LogP contribution in [0.15, 0.2) is 41.0 Å². The van der Waals surface area contributed by atoms with Crippen LogP contribution in [0.25, 0.3) is 16.9 Å². The van der Waals surface area contributed by atoms with Crippen LogP contribution in [0, 0.1) is 0 Å². The Labute approximate surface area is 130 Å². The maximum absolute atomic E-state index is 6.21. The molecule has 0 aliphatic carbocycles. The highest BCUT2D eigenvalue weighted by Crippen LogP contribution is 2.40. The van der Waals surface area contributed by atoms with Crippen LogP contribution in [0.2, 0.25) is 0 Å². The van der Waals surface area contributed by atoms with Crippen molar-refractivity contribution in [1.82, 2.24) is 9.38 Å². The largest absolute Gasteiger partial charge is 0.493 e. The highest BCUT2D eigenvalue weighted by atomic mass is 79.9. The van der Waals surface area contributed by atoms with E-state index in [9.17, 15) is 0 Å². The number of methoxy groups -OCH3 is 2. The number of hydrogen-bond donors (Lipinski definition) is 1. The molecule has 3 rings (SSSR count). The smallest absolute Gasteiger partial charge is 0.161 e. The summed E-state index contributed by atoms with van der Waals surface area (Å²) in [4.78, 5) is 4.59. The SMILES string of the molecule is COc1cc(Br)c(-c2nc3ccccn3c2N)cc1OC. The van der Waals surface area contributed by atoms with Crippen LogP contribution in [-0.4, -0.2) is 23.6 Å². The molecule has 0 atom stereocenters. The first-order valence-corrected chi connectivity index (χ1v) is 7.09. The first kappa shape index (κ1) is 13.8. The van der Waals surface area contributed by atoms with Crippen LogP contribution < -0.4 is 15.2 Å². The van der Waals surface area contributed by atoms with E-state index in [0.717, 1.165) is 15.7 Å². The van der Waals surface area contributed by atoms with Crippen LogP contribution in [-0.2, 0) is 0 Å². The molecule has 0 unspecified atom stereocenters. The molecule has 1 aromatic carbocycles. The first-order chi connectivity index (χ1) is 10.2. The van der Waals surface area contributed by atoms with Crippen molar-refractivity contribution >= 4 is 27.4 Å². The first-order valence-electron chi connectivity index (χ1n) is 6.30. The second kappa shape index (κ2) is 5.29. The predicted octanol–water partition coefficient (Wildman–Crippen LogP) is 3.36. The molecule has 0 saturated carbocycles. The van der Waals surface area contributed by atoms with Crippen molar-refractivity contribution < 1.29 is 9.47 Å². The molecule has 2 aromatic heterocycles. The lowest BCUT2D eigenvalue weighted by Gasteiger charge is -2.11. The maximum atomic E-state index is 6.21. The van der Waals surface area contributed by atoms with Crippen LogP contribution in [0.4, 0.5) is 5.82 Å². The summed E-state index contributed by atoms with van der Waals surface area (Å²) in [5.74, 6) is 1.86. The van der Waals surface area contributed by atoms with Gasteiger partial charge in [-0.3, -0.25) is 4.40 Å². The van der Waals surface area contributed by atoms with Gasteiger partial charge in [0.15, 0.2) is 11.5 Å². The van der Waals surface area contributed by atoms with Gasteiger partial charge in [0.25, 0.3) is 0 Å². The molecule has 3 aromatic rings. The summed E-state index contributed by atoms with van der Waals surface area (Å²) in [5.41, 5.74) is 8.57. The number of anilines is 1. The molecular formula is C15H14BrN3O2. The molecule has 0 fully saturated rings. The fraction of sp³-hybridized carbons (Fsp3) is 0.133. The summed E-state index contributed by atoms with van der Waals surface area (Å²) in [6, 6.07) is 9.46. The fourth-order valence-electron chi connectivity index (χ4n) is 2.25. The van der Waals surface area contributed by atoms with Crippen LogP contribution in [0.5, 0.6) is 11.5 Å². The van der Waals surface area contributed by atoms with Gasteiger partial charge >= 0.3 is 0 Å². The molecule has 2 N–H and O–H groups in total. The molecule has 0 amide bonds. The Morgan fingerprint density at radius 1 is 1.14 bits per heavy atom. The van der Waals surface area contributed by atoms with Gasteiger partial charge in [-0.05, 0) is 40.2 Å². The minimum Gasteiger partial charge on any atom is -0.493 e. The lowest BCUT2D eigenvalue weighted by Crippen LogP contribution is -1.95. The Morgan fingerprint density at radius 3 is 2.52 bits per heavy atom. The van der Waals surface area contributed by atoms with Gasteiger partial charge in [-0.15, -0.1) is 0 Å². The van der Waals surface area contributed by atoms with Gasteiger partial charge in [-0.2, -0.15) is 0 Å². The summed E-state index contributed by atoms with van der Waals surface area (Å²) in [6.45, 7) is 0. The second-order valence-electron chi connectivity index (χ2n) is 4.46. The third-order valence-electron chi connectivity index (χ3n) is 3.30. The number of ether oxygens (including phenoxy) is 2. The van der Waals surface area contributed by atoms with Crippen molar-refractivity contribution in [1.29, 1.82) is 0 Å². The van der Waals surface area contributed by atoms with E-state index >= 15 is 0 Å². The number of nitrogens with zero attached hydrogens (tertiary/aromatic N) is 2. The number of imidazole rings is 1. The van der Waals surface area contributed by atoms with Gasteiger partial charge in [0.05, 0.1) is 14.2 Å². The average molecular weight is 348 g/mol. The number of aromatic nitrogens is 2. The topological polar surface area (TPSA) is 61.8 Å². The van der Waals surface area contributed by atoms with Crippen molar-refractivity contribution in [3.05, 3.63) is 41.0 Å². The minimum atomic E-state index is 0.582. The molecule has 21 heavy (non-hydrogen) atoms. The van der Waals surface area contributed by atoms with E-state index in [1.807, 2.05) is 40.9 Å². The lowest BCUT2D eigenvalue weighted by molar-refractivity contribution is 0.355. The summed E-state index contributed by atoms with van der Waals surface area (Å²) in [6.07, 6.45) is 1.88. The Bertz CT molecular complexity index is 814. The van der Waals surface area contributed by atoms with E-state index in [4.69, 9.17) is 15.2 Å². The quantitative estimate of drug-likeness (QED) is 0.788. The Balaban J connectivity index is 2.25. The number of nitrogens with two attached hydrogens (primary N) is 1. The normalized spacial score (nSPS) is 10.8. The third kappa shape index (κ3) is 2.21. The van der Waals surface area contributed by atoms with E-state index in [2.05, 4.69) is 20.9 Å². The van der Waals surface area contributed by atoms with Crippen molar-refractivity contribution in [3.63, 3.8) is 0 Å². The summed E-state index contributed by atoms with van der Waals surface area (Å²) < 4.78 is 13.3. The molecular weight excluding hydrogens is 334 g/mol. The Hall–Kier alpha value is -2.21. The fourth-order valence-corrected chi connectivity index (χ4v) is 2.76. The second-order valence-corrected chi connectivity index (χ2v) is 5.32. The zero-order valence-corrected chi connectivity index (χ0v) is 13.2. The summed E-state index contributed by atoms with van der Waals surface area (Å²) in [5, 5.41) is 0. The predicted molar refractivity (Wildman–Crippen MR) is 85.8 cm³/mol. The molecule has 2 heterocycles. The molecule has 0 saturated heterocycles. The van der Waals surface area contributed by atoms with Crippen LogP contribution in [0.3, 0.4) is 0 Å². The number of rotatable bonds is 3. The average Bonchev–Trinajstić information content (AvgIpc) is 2.84. The summed E-state index contributed by atoms with van der Waals surface area (Å²) in [7, 11) is 3.20. The zero-order chi connectivity index (χ0) is 15.0. The molecule has 108 valence electrons. The van der Waals surface area contributed by atoms with Crippen LogP contribution in [0.1, 0.15) is 0 Å². The number of benzene rings is 1. The molecule has 5 nitrogen and oxygen atoms in total. The van der Waals surface area contributed by atoms with Gasteiger partial charge in [0, 0.05) is 16.2 Å². The van der Waals surface area contributed by atoms with Gasteiger partial charge in [-0.25, -0.2) is 4.98 Å². The summed E-state index contributed by atoms with van der Waals surface area (Å²) >= 11 is 3.54. The van der Waals surface area contributed by atoms with Gasteiger partial charge < -0.3 is 15.2 Å². The Kier molecular flexibility index (Phi) is 3.47. The molecule has 0 aliphatic heterocycles. The van der Waals surface area contributed by atoms with Gasteiger partial charge in [0.2, 0.25) is 0 Å². The molecule has 0 aliphatic rings. The standard InChI is InChI=1S/C15H14BrN3O2/c1-20-11-7-9(10(16)8-12(11)21-2)14-15(17)19-6-4-3-5-13(19)18-14/h3-8H,17H2,1-2H3. The molecule has 0 bridgehead atoms. The highest BCUT2D eigenvalue weighted by molar-refractivity contribution is 9.10. The monoisotopic (exact) mass is 347 g/mol. The number of pyridine rings is 1. The lowest BCUT2D eigenvalue weighted by atomic mass is 10.1.